The molecule has 0 spiro atoms. The van der Waals surface area contributed by atoms with Crippen LogP contribution in [0.3, 0.4) is 0 Å². The van der Waals surface area contributed by atoms with E-state index in [2.05, 4.69) is 0 Å². The standard InChI is InChI=1S/C14H31NO6S2Si/c1-11(21-24(7,8)13(2,3)4)14(16)10-15(23(6,19)20)9-12(14)22(5,17)18/h11-12,16H,9-10H2,1-8H3/t11-,12+,14-/m1/s1. The Morgan fingerprint density at radius 2 is 1.67 bits per heavy atom. The smallest absolute Gasteiger partial charge is 0.211 e. The molecule has 24 heavy (non-hydrogen) atoms. The second kappa shape index (κ2) is 6.31. The predicted molar refractivity (Wildman–Crippen MR) is 97.7 cm³/mol. The van der Waals surface area contributed by atoms with Gasteiger partial charge in [-0.25, -0.2) is 16.8 Å². The first-order valence-corrected chi connectivity index (χ1v) is 14.6. The van der Waals surface area contributed by atoms with Crippen molar-refractivity contribution in [2.75, 3.05) is 25.6 Å². The third-order valence-electron chi connectivity index (χ3n) is 5.32. The van der Waals surface area contributed by atoms with Crippen molar-refractivity contribution in [3.63, 3.8) is 0 Å². The highest BCUT2D eigenvalue weighted by atomic mass is 32.2. The van der Waals surface area contributed by atoms with E-state index in [0.717, 1.165) is 16.8 Å². The highest BCUT2D eigenvalue weighted by Gasteiger charge is 2.57. The van der Waals surface area contributed by atoms with Gasteiger partial charge in [-0.2, -0.15) is 4.31 Å². The van der Waals surface area contributed by atoms with Gasteiger partial charge in [0.15, 0.2) is 18.2 Å². The molecule has 1 aliphatic rings. The maximum absolute atomic E-state index is 12.2. The number of rotatable bonds is 5. The maximum Gasteiger partial charge on any atom is 0.211 e. The summed E-state index contributed by atoms with van der Waals surface area (Å²) in [5.41, 5.74) is -1.77. The predicted octanol–water partition coefficient (Wildman–Crippen LogP) is 0.816. The molecule has 0 aromatic heterocycles. The summed E-state index contributed by atoms with van der Waals surface area (Å²) in [7, 11) is -9.53. The Bertz CT molecular complexity index is 683. The Hall–Kier alpha value is -0.00312. The summed E-state index contributed by atoms with van der Waals surface area (Å²) in [6.45, 7) is 11.2. The lowest BCUT2D eigenvalue weighted by atomic mass is 9.97. The van der Waals surface area contributed by atoms with Crippen molar-refractivity contribution in [3.05, 3.63) is 0 Å². The average molecular weight is 402 g/mol. The van der Waals surface area contributed by atoms with Crippen LogP contribution >= 0.6 is 0 Å². The van der Waals surface area contributed by atoms with Gasteiger partial charge in [0.05, 0.1) is 12.4 Å². The summed E-state index contributed by atoms with van der Waals surface area (Å²) in [5, 5.41) is 9.80. The Kier molecular flexibility index (Phi) is 5.79. The van der Waals surface area contributed by atoms with Crippen LogP contribution in [0.2, 0.25) is 18.1 Å². The van der Waals surface area contributed by atoms with E-state index < -0.39 is 45.1 Å². The Labute approximate surface area is 147 Å². The van der Waals surface area contributed by atoms with Crippen LogP contribution in [-0.4, -0.2) is 77.1 Å². The minimum Gasteiger partial charge on any atom is -0.411 e. The summed E-state index contributed by atoms with van der Waals surface area (Å²) >= 11 is 0. The molecular formula is C14H31NO6S2Si. The number of aliphatic hydroxyl groups is 1. The molecule has 1 N–H and O–H groups in total. The fraction of sp³-hybridized carbons (Fsp3) is 1.00. The fourth-order valence-corrected chi connectivity index (χ4v) is 6.52. The SMILES string of the molecule is C[C@@H](O[Si](C)(C)C(C)(C)C)[C@]1(O)CN(S(C)(=O)=O)C[C@@H]1S(C)(=O)=O. The van der Waals surface area contributed by atoms with Crippen LogP contribution < -0.4 is 0 Å². The molecule has 0 aromatic rings. The van der Waals surface area contributed by atoms with E-state index in [1.54, 1.807) is 6.92 Å². The van der Waals surface area contributed by atoms with Crippen LogP contribution in [0.25, 0.3) is 0 Å². The van der Waals surface area contributed by atoms with Crippen molar-refractivity contribution in [1.29, 1.82) is 0 Å². The topological polar surface area (TPSA) is 101 Å². The Morgan fingerprint density at radius 1 is 1.21 bits per heavy atom. The zero-order chi connectivity index (χ0) is 19.4. The molecule has 1 fully saturated rings. The third-order valence-corrected chi connectivity index (χ3v) is 12.7. The number of sulfonamides is 1. The number of hydrogen-bond acceptors (Lipinski definition) is 6. The molecule has 0 aromatic carbocycles. The van der Waals surface area contributed by atoms with Crippen LogP contribution in [0.15, 0.2) is 0 Å². The van der Waals surface area contributed by atoms with E-state index in [1.807, 2.05) is 33.9 Å². The molecule has 0 saturated carbocycles. The molecule has 0 radical (unpaired) electrons. The molecule has 0 bridgehead atoms. The Balaban J connectivity index is 3.25. The fourth-order valence-electron chi connectivity index (χ4n) is 2.66. The molecule has 1 heterocycles. The van der Waals surface area contributed by atoms with E-state index in [4.69, 9.17) is 4.43 Å². The van der Waals surface area contributed by atoms with Gasteiger partial charge in [0.2, 0.25) is 10.0 Å². The molecule has 3 atom stereocenters. The number of nitrogens with zero attached hydrogens (tertiary/aromatic N) is 1. The zero-order valence-electron chi connectivity index (χ0n) is 15.8. The molecule has 0 aliphatic carbocycles. The van der Waals surface area contributed by atoms with Crippen LogP contribution in [0, 0.1) is 0 Å². The Morgan fingerprint density at radius 3 is 2.00 bits per heavy atom. The van der Waals surface area contributed by atoms with Gasteiger partial charge in [-0.15, -0.1) is 0 Å². The molecule has 1 saturated heterocycles. The van der Waals surface area contributed by atoms with E-state index in [9.17, 15) is 21.9 Å². The van der Waals surface area contributed by atoms with E-state index in [1.165, 1.54) is 0 Å². The molecule has 7 nitrogen and oxygen atoms in total. The van der Waals surface area contributed by atoms with Crippen molar-refractivity contribution in [1.82, 2.24) is 4.31 Å². The second-order valence-electron chi connectivity index (χ2n) is 8.39. The van der Waals surface area contributed by atoms with Gasteiger partial charge >= 0.3 is 0 Å². The summed E-state index contributed by atoms with van der Waals surface area (Å²) in [6, 6.07) is 0. The number of hydrogen-bond donors (Lipinski definition) is 1. The number of sulfone groups is 1. The van der Waals surface area contributed by atoms with E-state index >= 15 is 0 Å². The maximum atomic E-state index is 12.2. The first kappa shape index (κ1) is 22.0. The molecule has 144 valence electrons. The average Bonchev–Trinajstić information content (AvgIpc) is 2.66. The van der Waals surface area contributed by atoms with Gasteiger partial charge in [-0.1, -0.05) is 20.8 Å². The van der Waals surface area contributed by atoms with Gasteiger partial charge in [0, 0.05) is 19.3 Å². The quantitative estimate of drug-likeness (QED) is 0.684. The first-order valence-electron chi connectivity index (χ1n) is 7.86. The summed E-state index contributed by atoms with van der Waals surface area (Å²) in [6.07, 6.45) is 1.23. The largest absolute Gasteiger partial charge is 0.411 e. The van der Waals surface area contributed by atoms with Gasteiger partial charge in [0.25, 0.3) is 0 Å². The van der Waals surface area contributed by atoms with Gasteiger partial charge in [-0.05, 0) is 25.1 Å². The first-order chi connectivity index (χ1) is 10.3. The highest BCUT2D eigenvalue weighted by Crippen LogP contribution is 2.41. The second-order valence-corrected chi connectivity index (χ2v) is 17.4. The minimum absolute atomic E-state index is 0.118. The van der Waals surface area contributed by atoms with Crippen LogP contribution in [0.5, 0.6) is 0 Å². The lowest BCUT2D eigenvalue weighted by Crippen LogP contribution is -2.58. The summed E-state index contributed by atoms with van der Waals surface area (Å²) in [4.78, 5) is 0. The van der Waals surface area contributed by atoms with Crippen molar-refractivity contribution in [2.24, 2.45) is 0 Å². The van der Waals surface area contributed by atoms with E-state index in [-0.39, 0.29) is 18.1 Å². The monoisotopic (exact) mass is 401 g/mol. The summed E-state index contributed by atoms with van der Waals surface area (Å²) < 4.78 is 55.2. The van der Waals surface area contributed by atoms with Crippen LogP contribution in [-0.2, 0) is 24.3 Å². The summed E-state index contributed by atoms with van der Waals surface area (Å²) in [5.74, 6) is 0. The third kappa shape index (κ3) is 4.39. The molecular weight excluding hydrogens is 370 g/mol. The lowest BCUT2D eigenvalue weighted by molar-refractivity contribution is -0.0445. The zero-order valence-corrected chi connectivity index (χ0v) is 18.5. The van der Waals surface area contributed by atoms with E-state index in [0.29, 0.717) is 0 Å². The van der Waals surface area contributed by atoms with Crippen molar-refractivity contribution >= 4 is 28.2 Å². The number of β-amino-alcohol motifs (C(OH)–C–C–N with tert-alkyl or cyclic N) is 1. The molecule has 1 rings (SSSR count). The van der Waals surface area contributed by atoms with Gasteiger partial charge < -0.3 is 9.53 Å². The van der Waals surface area contributed by atoms with Crippen LogP contribution in [0.4, 0.5) is 0 Å². The molecule has 10 heteroatoms. The molecule has 0 unspecified atom stereocenters. The van der Waals surface area contributed by atoms with Crippen LogP contribution in [0.1, 0.15) is 27.7 Å². The molecule has 0 amide bonds. The molecule has 1 aliphatic heterocycles. The van der Waals surface area contributed by atoms with Gasteiger partial charge in [-0.3, -0.25) is 0 Å². The van der Waals surface area contributed by atoms with Crippen molar-refractivity contribution < 1.29 is 26.4 Å². The lowest BCUT2D eigenvalue weighted by Gasteiger charge is -2.43. The highest BCUT2D eigenvalue weighted by molar-refractivity contribution is 7.91. The van der Waals surface area contributed by atoms with Crippen molar-refractivity contribution in [2.45, 2.75) is 62.8 Å². The van der Waals surface area contributed by atoms with Gasteiger partial charge in [0.1, 0.15) is 10.9 Å². The minimum atomic E-state index is -3.66. The normalized spacial score (nSPS) is 29.0. The van der Waals surface area contributed by atoms with Crippen molar-refractivity contribution in [3.8, 4) is 0 Å².